The first-order valence-corrected chi connectivity index (χ1v) is 10.7. The quantitative estimate of drug-likeness (QED) is 0.283. The molecule has 0 amide bonds. The van der Waals surface area contributed by atoms with Crippen LogP contribution in [-0.4, -0.2) is 4.69 Å². The van der Waals surface area contributed by atoms with E-state index in [1.807, 2.05) is 22.1 Å². The minimum Gasteiger partial charge on any atom is -0.287 e. The molecule has 2 aromatic carbocycles. The summed E-state index contributed by atoms with van der Waals surface area (Å²) in [4.78, 5) is 11.3. The van der Waals surface area contributed by atoms with Gasteiger partial charge in [0.05, 0.1) is 6.54 Å². The van der Waals surface area contributed by atoms with Crippen molar-refractivity contribution in [2.45, 2.75) is 25.6 Å². The van der Waals surface area contributed by atoms with Gasteiger partial charge in [-0.1, -0.05) is 35.1 Å². The molecule has 0 unspecified atom stereocenters. The largest absolute Gasteiger partial charge is 0.420 e. The molecule has 3 aromatic rings. The van der Waals surface area contributed by atoms with E-state index in [9.17, 15) is 18.0 Å². The summed E-state index contributed by atoms with van der Waals surface area (Å²) in [7, 11) is 0. The van der Waals surface area contributed by atoms with Crippen molar-refractivity contribution >= 4 is 54.4 Å². The molecule has 0 radical (unpaired) electrons. The third-order valence-corrected chi connectivity index (χ3v) is 5.72. The van der Waals surface area contributed by atoms with Crippen molar-refractivity contribution in [3.8, 4) is 11.3 Å². The van der Waals surface area contributed by atoms with Gasteiger partial charge in [0, 0.05) is 22.4 Å². The third kappa shape index (κ3) is 5.58. The zero-order valence-electron chi connectivity index (χ0n) is 15.0. The fourth-order valence-corrected chi connectivity index (χ4v) is 4.22. The van der Waals surface area contributed by atoms with Gasteiger partial charge < -0.3 is 0 Å². The molecule has 0 fully saturated rings. The molecular formula is C20H16BrClF3N2OS+. The van der Waals surface area contributed by atoms with Crippen LogP contribution in [0.2, 0.25) is 5.02 Å². The minimum absolute atomic E-state index is 0.0187. The monoisotopic (exact) mass is 503 g/mol. The van der Waals surface area contributed by atoms with Crippen LogP contribution in [-0.2, 0) is 17.5 Å². The summed E-state index contributed by atoms with van der Waals surface area (Å²) in [5.74, 6) is 0. The fourth-order valence-electron chi connectivity index (χ4n) is 2.84. The summed E-state index contributed by atoms with van der Waals surface area (Å²) in [5.41, 5.74) is 0.965. The number of halogens is 5. The Bertz CT molecular complexity index is 1010. The van der Waals surface area contributed by atoms with Crippen LogP contribution in [0.25, 0.3) is 11.3 Å². The van der Waals surface area contributed by atoms with Crippen LogP contribution in [0.3, 0.4) is 0 Å². The van der Waals surface area contributed by atoms with Gasteiger partial charge >= 0.3 is 11.3 Å². The lowest BCUT2D eigenvalue weighted by Crippen LogP contribution is -2.36. The summed E-state index contributed by atoms with van der Waals surface area (Å²) >= 11 is 10.2. The summed E-state index contributed by atoms with van der Waals surface area (Å²) in [5, 5.41) is 5.94. The van der Waals surface area contributed by atoms with Crippen molar-refractivity contribution in [2.75, 3.05) is 5.32 Å². The number of hydrogen-bond donors (Lipinski definition) is 1. The smallest absolute Gasteiger partial charge is 0.287 e. The molecule has 1 aromatic heterocycles. The van der Waals surface area contributed by atoms with E-state index in [1.54, 1.807) is 18.2 Å². The third-order valence-electron chi connectivity index (χ3n) is 4.19. The highest BCUT2D eigenvalue weighted by molar-refractivity contribution is 9.18. The van der Waals surface area contributed by atoms with Crippen molar-refractivity contribution in [3.63, 3.8) is 0 Å². The summed E-state index contributed by atoms with van der Waals surface area (Å²) < 4.78 is 41.8. The molecule has 3 rings (SSSR count). The number of nitrogens with zero attached hydrogens (tertiary/aromatic N) is 1. The Morgan fingerprint density at radius 1 is 1.14 bits per heavy atom. The predicted octanol–water partition coefficient (Wildman–Crippen LogP) is 6.82. The van der Waals surface area contributed by atoms with E-state index in [1.165, 1.54) is 23.5 Å². The van der Waals surface area contributed by atoms with E-state index in [-0.39, 0.29) is 10.4 Å². The highest BCUT2D eigenvalue weighted by Gasteiger charge is 2.35. The number of anilines is 2. The SMILES string of the molecule is O=C(Br)CCC[n+]1c(-c2ccc(Cl)cc2)csc1Nc1ccccc1C(F)(F)F. The Kier molecular flexibility index (Phi) is 6.97. The molecule has 0 spiro atoms. The van der Waals surface area contributed by atoms with E-state index in [0.29, 0.717) is 29.5 Å². The van der Waals surface area contributed by atoms with E-state index in [2.05, 4.69) is 21.2 Å². The first-order valence-electron chi connectivity index (χ1n) is 8.64. The van der Waals surface area contributed by atoms with Gasteiger partial charge in [0.25, 0.3) is 0 Å². The lowest BCUT2D eigenvalue weighted by molar-refractivity contribution is -0.668. The van der Waals surface area contributed by atoms with E-state index < -0.39 is 11.7 Å². The molecule has 3 nitrogen and oxygen atoms in total. The zero-order valence-corrected chi connectivity index (χ0v) is 18.1. The molecule has 0 aliphatic rings. The highest BCUT2D eigenvalue weighted by atomic mass is 79.9. The zero-order chi connectivity index (χ0) is 21.0. The summed E-state index contributed by atoms with van der Waals surface area (Å²) in [6.07, 6.45) is -3.60. The van der Waals surface area contributed by atoms with Crippen molar-refractivity contribution in [2.24, 2.45) is 0 Å². The maximum Gasteiger partial charge on any atom is 0.420 e. The Morgan fingerprint density at radius 2 is 1.83 bits per heavy atom. The van der Waals surface area contributed by atoms with Crippen LogP contribution in [0.1, 0.15) is 18.4 Å². The molecule has 0 saturated carbocycles. The molecule has 29 heavy (non-hydrogen) atoms. The molecule has 0 atom stereocenters. The van der Waals surface area contributed by atoms with Crippen LogP contribution < -0.4 is 9.88 Å². The molecule has 0 aliphatic carbocycles. The average molecular weight is 505 g/mol. The number of nitrogens with one attached hydrogen (secondary N) is 1. The summed E-state index contributed by atoms with van der Waals surface area (Å²) in [6.45, 7) is 0.468. The van der Waals surface area contributed by atoms with Crippen molar-refractivity contribution in [3.05, 3.63) is 64.5 Å². The van der Waals surface area contributed by atoms with Gasteiger partial charge in [0.15, 0.2) is 4.69 Å². The van der Waals surface area contributed by atoms with Crippen LogP contribution in [0.4, 0.5) is 24.0 Å². The van der Waals surface area contributed by atoms with Gasteiger partial charge in [-0.3, -0.25) is 4.79 Å². The van der Waals surface area contributed by atoms with Crippen molar-refractivity contribution in [1.29, 1.82) is 0 Å². The van der Waals surface area contributed by atoms with E-state index >= 15 is 0 Å². The normalized spacial score (nSPS) is 11.5. The first kappa shape index (κ1) is 21.8. The van der Waals surface area contributed by atoms with Crippen molar-refractivity contribution in [1.82, 2.24) is 0 Å². The predicted molar refractivity (Wildman–Crippen MR) is 113 cm³/mol. The molecular weight excluding hydrogens is 489 g/mol. The van der Waals surface area contributed by atoms with Gasteiger partial charge in [-0.05, 0) is 58.7 Å². The Balaban J connectivity index is 1.98. The summed E-state index contributed by atoms with van der Waals surface area (Å²) in [6, 6.07) is 12.6. The highest BCUT2D eigenvalue weighted by Crippen LogP contribution is 2.36. The lowest BCUT2D eigenvalue weighted by Gasteiger charge is -2.11. The number of carbonyl (C=O) groups is 1. The van der Waals surface area contributed by atoms with Gasteiger partial charge in [-0.2, -0.15) is 13.2 Å². The Hall–Kier alpha value is -1.90. The molecule has 1 heterocycles. The number of benzene rings is 2. The number of rotatable bonds is 7. The molecule has 152 valence electrons. The molecule has 0 saturated heterocycles. The van der Waals surface area contributed by atoms with E-state index in [4.69, 9.17) is 11.6 Å². The van der Waals surface area contributed by atoms with Crippen LogP contribution in [0, 0.1) is 0 Å². The number of thiazole rings is 1. The molecule has 0 aliphatic heterocycles. The van der Waals surface area contributed by atoms with E-state index in [0.717, 1.165) is 17.3 Å². The van der Waals surface area contributed by atoms with Gasteiger partial charge in [-0.15, -0.1) is 0 Å². The number of carbonyl (C=O) groups excluding carboxylic acids is 1. The Morgan fingerprint density at radius 3 is 2.48 bits per heavy atom. The lowest BCUT2D eigenvalue weighted by atomic mass is 10.1. The second kappa shape index (κ2) is 9.28. The van der Waals surface area contributed by atoms with Crippen LogP contribution in [0.5, 0.6) is 0 Å². The standard InChI is InChI=1S/C20H15BrClF3N2OS/c21-18(28)6-3-11-27-17(13-7-9-14(22)10-8-13)12-29-19(27)26-16-5-2-1-4-15(16)20(23,24)25/h1-2,4-5,7-10,12H,3,6,11H2/p+1. The second-order valence-corrected chi connectivity index (χ2v) is 8.39. The maximum absolute atomic E-state index is 13.4. The van der Waals surface area contributed by atoms with Crippen LogP contribution in [0.15, 0.2) is 53.9 Å². The fraction of sp³-hybridized carbons (Fsp3) is 0.200. The molecule has 1 N–H and O–H groups in total. The molecule has 9 heteroatoms. The topological polar surface area (TPSA) is 33.0 Å². The number of alkyl halides is 3. The van der Waals surface area contributed by atoms with Crippen molar-refractivity contribution < 1.29 is 22.5 Å². The second-order valence-electron chi connectivity index (χ2n) is 6.21. The average Bonchev–Trinajstić information content (AvgIpc) is 3.04. The van der Waals surface area contributed by atoms with Gasteiger partial charge in [-0.25, -0.2) is 9.88 Å². The van der Waals surface area contributed by atoms with Crippen LogP contribution >= 0.6 is 38.9 Å². The van der Waals surface area contributed by atoms with Gasteiger partial charge in [0.1, 0.15) is 16.9 Å². The van der Waals surface area contributed by atoms with Gasteiger partial charge in [0.2, 0.25) is 0 Å². The number of hydrogen-bond acceptors (Lipinski definition) is 3. The molecule has 0 bridgehead atoms. The maximum atomic E-state index is 13.4. The number of para-hydroxylation sites is 1. The minimum atomic E-state index is -4.47. The Labute approximate surface area is 183 Å². The number of aromatic nitrogens is 1. The first-order chi connectivity index (χ1) is 13.8.